The number of rotatable bonds is 4. The minimum Gasteiger partial charge on any atom is -0.506 e. The average molecular weight is 285 g/mol. The van der Waals surface area contributed by atoms with Gasteiger partial charge in [-0.2, -0.15) is 0 Å². The molecule has 110 valence electrons. The second-order valence-corrected chi connectivity index (χ2v) is 5.02. The molecule has 0 aliphatic heterocycles. The molecule has 0 bridgehead atoms. The van der Waals surface area contributed by atoms with Crippen molar-refractivity contribution in [2.24, 2.45) is 0 Å². The Hall–Kier alpha value is -2.56. The molecule has 0 unspecified atom stereocenters. The summed E-state index contributed by atoms with van der Waals surface area (Å²) in [5, 5.41) is 13.0. The van der Waals surface area contributed by atoms with Gasteiger partial charge >= 0.3 is 0 Å². The molecule has 1 aromatic carbocycles. The van der Waals surface area contributed by atoms with Crippen LogP contribution in [-0.4, -0.2) is 35.0 Å². The van der Waals surface area contributed by atoms with E-state index in [9.17, 15) is 9.90 Å². The van der Waals surface area contributed by atoms with Crippen LogP contribution in [0.5, 0.6) is 5.75 Å². The second kappa shape index (κ2) is 6.26. The van der Waals surface area contributed by atoms with Crippen LogP contribution in [0.3, 0.4) is 0 Å². The van der Waals surface area contributed by atoms with Gasteiger partial charge in [-0.25, -0.2) is 0 Å². The Morgan fingerprint density at radius 1 is 1.24 bits per heavy atom. The third-order valence-corrected chi connectivity index (χ3v) is 3.10. The zero-order valence-corrected chi connectivity index (χ0v) is 12.4. The van der Waals surface area contributed by atoms with Crippen LogP contribution in [0.25, 0.3) is 0 Å². The summed E-state index contributed by atoms with van der Waals surface area (Å²) in [6.07, 6.45) is 0. The van der Waals surface area contributed by atoms with E-state index in [1.165, 1.54) is 4.90 Å². The third kappa shape index (κ3) is 3.51. The van der Waals surface area contributed by atoms with E-state index in [1.54, 1.807) is 32.3 Å². The van der Waals surface area contributed by atoms with Gasteiger partial charge in [0.1, 0.15) is 11.4 Å². The van der Waals surface area contributed by atoms with Gasteiger partial charge in [-0.1, -0.05) is 12.1 Å². The number of para-hydroxylation sites is 1. The van der Waals surface area contributed by atoms with Crippen molar-refractivity contribution in [2.45, 2.75) is 13.5 Å². The molecule has 0 aliphatic carbocycles. The fourth-order valence-electron chi connectivity index (χ4n) is 1.98. The van der Waals surface area contributed by atoms with Gasteiger partial charge in [0.2, 0.25) is 0 Å². The zero-order chi connectivity index (χ0) is 15.4. The minimum absolute atomic E-state index is 0.0699. The molecule has 5 nitrogen and oxygen atoms in total. The van der Waals surface area contributed by atoms with Crippen molar-refractivity contribution in [1.82, 2.24) is 9.88 Å². The van der Waals surface area contributed by atoms with Crippen molar-refractivity contribution >= 4 is 11.6 Å². The fraction of sp³-hybridized carbons (Fsp3) is 0.250. The number of nitrogens with zero attached hydrogens (tertiary/aromatic N) is 2. The lowest BCUT2D eigenvalue weighted by Gasteiger charge is -2.15. The summed E-state index contributed by atoms with van der Waals surface area (Å²) in [6, 6.07) is 10.7. The monoisotopic (exact) mass is 285 g/mol. The molecule has 0 saturated carbocycles. The molecular weight excluding hydrogens is 266 g/mol. The van der Waals surface area contributed by atoms with E-state index < -0.39 is 0 Å². The van der Waals surface area contributed by atoms with Crippen molar-refractivity contribution in [3.8, 4) is 5.75 Å². The summed E-state index contributed by atoms with van der Waals surface area (Å²) in [4.78, 5) is 17.9. The molecule has 5 heteroatoms. The summed E-state index contributed by atoms with van der Waals surface area (Å²) in [5.74, 6) is 0.0732. The highest BCUT2D eigenvalue weighted by Crippen LogP contribution is 2.20. The van der Waals surface area contributed by atoms with Crippen LogP contribution in [0.15, 0.2) is 36.4 Å². The Balaban J connectivity index is 2.21. The number of nitrogens with one attached hydrogen (secondary N) is 1. The van der Waals surface area contributed by atoms with Crippen LogP contribution in [-0.2, 0) is 6.54 Å². The topological polar surface area (TPSA) is 65.5 Å². The van der Waals surface area contributed by atoms with Crippen LogP contribution >= 0.6 is 0 Å². The first-order valence-corrected chi connectivity index (χ1v) is 6.69. The number of hydrogen-bond donors (Lipinski definition) is 2. The van der Waals surface area contributed by atoms with Gasteiger partial charge in [-0.3, -0.25) is 9.78 Å². The van der Waals surface area contributed by atoms with Crippen LogP contribution in [0, 0.1) is 6.92 Å². The molecule has 0 radical (unpaired) electrons. The number of carbonyl (C=O) groups excluding carboxylic acids is 1. The van der Waals surface area contributed by atoms with Gasteiger partial charge in [0.15, 0.2) is 0 Å². The van der Waals surface area contributed by atoms with Gasteiger partial charge in [0.25, 0.3) is 5.91 Å². The summed E-state index contributed by atoms with van der Waals surface area (Å²) in [6.45, 7) is 2.22. The van der Waals surface area contributed by atoms with Crippen LogP contribution in [0.1, 0.15) is 21.7 Å². The molecule has 1 aromatic heterocycles. The molecule has 0 spiro atoms. The Morgan fingerprint density at radius 2 is 1.95 bits per heavy atom. The standard InChI is InChI=1S/C16H19N3O2/c1-11-8-9-15(20)14(18-11)10-17-13-7-5-4-6-12(13)16(21)19(2)3/h4-9,17,20H,10H2,1-3H3. The normalized spacial score (nSPS) is 10.2. The Labute approximate surface area is 124 Å². The lowest BCUT2D eigenvalue weighted by Crippen LogP contribution is -2.23. The molecule has 0 saturated heterocycles. The lowest BCUT2D eigenvalue weighted by atomic mass is 10.1. The average Bonchev–Trinajstić information content (AvgIpc) is 2.47. The van der Waals surface area contributed by atoms with Gasteiger partial charge in [0, 0.05) is 25.5 Å². The summed E-state index contributed by atoms with van der Waals surface area (Å²) < 4.78 is 0. The molecule has 2 N–H and O–H groups in total. The molecule has 0 aliphatic rings. The van der Waals surface area contributed by atoms with Crippen LogP contribution < -0.4 is 5.32 Å². The lowest BCUT2D eigenvalue weighted by molar-refractivity contribution is 0.0828. The highest BCUT2D eigenvalue weighted by Gasteiger charge is 2.13. The molecular formula is C16H19N3O2. The maximum Gasteiger partial charge on any atom is 0.255 e. The zero-order valence-electron chi connectivity index (χ0n) is 12.4. The number of aromatic nitrogens is 1. The Kier molecular flexibility index (Phi) is 4.42. The summed E-state index contributed by atoms with van der Waals surface area (Å²) in [5.41, 5.74) is 2.71. The molecule has 0 atom stereocenters. The van der Waals surface area contributed by atoms with Crippen LogP contribution in [0.4, 0.5) is 5.69 Å². The molecule has 1 amide bonds. The first-order chi connectivity index (χ1) is 9.99. The number of hydrogen-bond acceptors (Lipinski definition) is 4. The maximum atomic E-state index is 12.1. The van der Waals surface area contributed by atoms with E-state index in [2.05, 4.69) is 10.3 Å². The first kappa shape index (κ1) is 14.8. The minimum atomic E-state index is -0.0699. The van der Waals surface area contributed by atoms with Gasteiger partial charge in [0.05, 0.1) is 12.1 Å². The molecule has 2 aromatic rings. The number of amides is 1. The summed E-state index contributed by atoms with van der Waals surface area (Å²) >= 11 is 0. The number of aromatic hydroxyl groups is 1. The quantitative estimate of drug-likeness (QED) is 0.905. The predicted molar refractivity (Wildman–Crippen MR) is 82.4 cm³/mol. The van der Waals surface area contributed by atoms with Crippen LogP contribution in [0.2, 0.25) is 0 Å². The summed E-state index contributed by atoms with van der Waals surface area (Å²) in [7, 11) is 3.43. The predicted octanol–water partition coefficient (Wildman–Crippen LogP) is 2.41. The number of aryl methyl sites for hydroxylation is 1. The number of pyridine rings is 1. The largest absolute Gasteiger partial charge is 0.506 e. The van der Waals surface area contributed by atoms with E-state index in [0.29, 0.717) is 17.8 Å². The Bertz CT molecular complexity index is 654. The number of anilines is 1. The van der Waals surface area contributed by atoms with Crippen molar-refractivity contribution < 1.29 is 9.90 Å². The molecule has 0 fully saturated rings. The molecule has 1 heterocycles. The van der Waals surface area contributed by atoms with E-state index in [0.717, 1.165) is 11.4 Å². The molecule has 21 heavy (non-hydrogen) atoms. The SMILES string of the molecule is Cc1ccc(O)c(CNc2ccccc2C(=O)N(C)C)n1. The van der Waals surface area contributed by atoms with Gasteiger partial charge in [-0.15, -0.1) is 0 Å². The van der Waals surface area contributed by atoms with Gasteiger partial charge < -0.3 is 15.3 Å². The molecule has 2 rings (SSSR count). The van der Waals surface area contributed by atoms with Crippen molar-refractivity contribution in [2.75, 3.05) is 19.4 Å². The van der Waals surface area contributed by atoms with Crippen molar-refractivity contribution in [1.29, 1.82) is 0 Å². The third-order valence-electron chi connectivity index (χ3n) is 3.10. The number of benzene rings is 1. The smallest absolute Gasteiger partial charge is 0.255 e. The second-order valence-electron chi connectivity index (χ2n) is 5.02. The van der Waals surface area contributed by atoms with E-state index in [-0.39, 0.29) is 11.7 Å². The highest BCUT2D eigenvalue weighted by molar-refractivity contribution is 5.99. The van der Waals surface area contributed by atoms with Crippen molar-refractivity contribution in [3.05, 3.63) is 53.3 Å². The van der Waals surface area contributed by atoms with E-state index in [4.69, 9.17) is 0 Å². The van der Waals surface area contributed by atoms with Crippen molar-refractivity contribution in [3.63, 3.8) is 0 Å². The van der Waals surface area contributed by atoms with E-state index >= 15 is 0 Å². The van der Waals surface area contributed by atoms with Gasteiger partial charge in [-0.05, 0) is 31.2 Å². The van der Waals surface area contributed by atoms with E-state index in [1.807, 2.05) is 25.1 Å². The number of carbonyl (C=O) groups is 1. The first-order valence-electron chi connectivity index (χ1n) is 6.69. The highest BCUT2D eigenvalue weighted by atomic mass is 16.3. The Morgan fingerprint density at radius 3 is 2.67 bits per heavy atom. The fourth-order valence-corrected chi connectivity index (χ4v) is 1.98. The maximum absolute atomic E-state index is 12.1.